The fraction of sp³-hybridized carbons (Fsp3) is 0.214. The topological polar surface area (TPSA) is 17.8 Å². The zero-order valence-electron chi connectivity index (χ0n) is 10.7. The molecule has 7 heteroatoms. The van der Waals surface area contributed by atoms with Gasteiger partial charge in [0.1, 0.15) is 5.82 Å². The van der Waals surface area contributed by atoms with Crippen molar-refractivity contribution >= 4 is 68.8 Å². The van der Waals surface area contributed by atoms with Crippen molar-refractivity contribution in [3.63, 3.8) is 0 Å². The number of thiophene rings is 1. The molecule has 2 aromatic heterocycles. The molecule has 0 aliphatic rings. The zero-order chi connectivity index (χ0) is 15.0. The second-order valence-electron chi connectivity index (χ2n) is 4.52. The number of halogens is 4. The van der Waals surface area contributed by atoms with Crippen LogP contribution in [0.3, 0.4) is 0 Å². The van der Waals surface area contributed by atoms with Gasteiger partial charge in [0.15, 0.2) is 0 Å². The van der Waals surface area contributed by atoms with Gasteiger partial charge < -0.3 is 4.57 Å². The van der Waals surface area contributed by atoms with Crippen LogP contribution >= 0.6 is 57.7 Å². The highest BCUT2D eigenvalue weighted by atomic mass is 35.5. The van der Waals surface area contributed by atoms with Gasteiger partial charge in [-0.05, 0) is 30.7 Å². The van der Waals surface area contributed by atoms with Crippen LogP contribution in [0.5, 0.6) is 0 Å². The summed E-state index contributed by atoms with van der Waals surface area (Å²) in [6.07, 6.45) is 0.868. The molecule has 0 bridgehead atoms. The summed E-state index contributed by atoms with van der Waals surface area (Å²) in [5.74, 6) is 1.16. The fourth-order valence-corrected chi connectivity index (χ4v) is 3.83. The van der Waals surface area contributed by atoms with Crippen molar-refractivity contribution in [1.29, 1.82) is 0 Å². The standard InChI is InChI=1S/C14H10Cl4N2S/c15-7-14-19-11-5-9(16)10(17)6-12(11)20(14)4-3-8-1-2-13(18)21-8/h1-2,5-6H,3-4,7H2. The van der Waals surface area contributed by atoms with Gasteiger partial charge in [-0.15, -0.1) is 22.9 Å². The zero-order valence-corrected chi connectivity index (χ0v) is 14.6. The minimum Gasteiger partial charge on any atom is -0.327 e. The molecule has 0 atom stereocenters. The average Bonchev–Trinajstić information content (AvgIpc) is 3.01. The van der Waals surface area contributed by atoms with Crippen molar-refractivity contribution in [1.82, 2.24) is 9.55 Å². The van der Waals surface area contributed by atoms with Gasteiger partial charge in [-0.3, -0.25) is 0 Å². The number of alkyl halides is 1. The molecule has 110 valence electrons. The van der Waals surface area contributed by atoms with E-state index in [-0.39, 0.29) is 0 Å². The molecule has 21 heavy (non-hydrogen) atoms. The Bertz CT molecular complexity index is 794. The van der Waals surface area contributed by atoms with Crippen LogP contribution in [0.15, 0.2) is 24.3 Å². The third-order valence-corrected chi connectivity index (χ3v) is 5.45. The van der Waals surface area contributed by atoms with Crippen LogP contribution < -0.4 is 0 Å². The van der Waals surface area contributed by atoms with Gasteiger partial charge in [0, 0.05) is 11.4 Å². The first kappa shape index (κ1) is 15.4. The van der Waals surface area contributed by atoms with Crippen LogP contribution in [0, 0.1) is 0 Å². The summed E-state index contributed by atoms with van der Waals surface area (Å²) >= 11 is 25.7. The van der Waals surface area contributed by atoms with E-state index in [1.807, 2.05) is 18.2 Å². The van der Waals surface area contributed by atoms with E-state index in [1.54, 1.807) is 17.4 Å². The molecule has 0 N–H and O–H groups in total. The molecule has 3 aromatic rings. The van der Waals surface area contributed by atoms with Gasteiger partial charge in [0.05, 0.1) is 31.3 Å². The lowest BCUT2D eigenvalue weighted by molar-refractivity contribution is 0.693. The number of aryl methyl sites for hydroxylation is 2. The first-order valence-corrected chi connectivity index (χ1v) is 8.71. The molecule has 0 saturated carbocycles. The van der Waals surface area contributed by atoms with E-state index in [9.17, 15) is 0 Å². The molecule has 0 fully saturated rings. The average molecular weight is 380 g/mol. The monoisotopic (exact) mass is 378 g/mol. The van der Waals surface area contributed by atoms with E-state index in [4.69, 9.17) is 46.4 Å². The van der Waals surface area contributed by atoms with Crippen molar-refractivity contribution in [3.8, 4) is 0 Å². The summed E-state index contributed by atoms with van der Waals surface area (Å²) in [4.78, 5) is 5.74. The van der Waals surface area contributed by atoms with Gasteiger partial charge in [0.25, 0.3) is 0 Å². The summed E-state index contributed by atoms with van der Waals surface area (Å²) < 4.78 is 2.88. The summed E-state index contributed by atoms with van der Waals surface area (Å²) in [5, 5.41) is 1.02. The van der Waals surface area contributed by atoms with E-state index >= 15 is 0 Å². The van der Waals surface area contributed by atoms with Gasteiger partial charge >= 0.3 is 0 Å². The molecule has 0 spiro atoms. The Hall–Kier alpha value is -0.450. The molecule has 0 unspecified atom stereocenters. The SMILES string of the molecule is ClCc1nc2cc(Cl)c(Cl)cc2n1CCc1ccc(Cl)s1. The third-order valence-electron chi connectivity index (χ3n) is 3.20. The van der Waals surface area contributed by atoms with Crippen LogP contribution in [0.4, 0.5) is 0 Å². The fourth-order valence-electron chi connectivity index (χ4n) is 2.23. The second-order valence-corrected chi connectivity index (χ2v) is 7.41. The van der Waals surface area contributed by atoms with E-state index < -0.39 is 0 Å². The van der Waals surface area contributed by atoms with Crippen molar-refractivity contribution < 1.29 is 0 Å². The summed E-state index contributed by atoms with van der Waals surface area (Å²) in [6, 6.07) is 7.56. The van der Waals surface area contributed by atoms with Crippen LogP contribution in [-0.4, -0.2) is 9.55 Å². The van der Waals surface area contributed by atoms with Crippen LogP contribution in [0.2, 0.25) is 14.4 Å². The smallest absolute Gasteiger partial charge is 0.124 e. The molecular weight excluding hydrogens is 370 g/mol. The summed E-state index contributed by atoms with van der Waals surface area (Å²) in [7, 11) is 0. The lowest BCUT2D eigenvalue weighted by Gasteiger charge is -2.07. The molecule has 0 aliphatic heterocycles. The lowest BCUT2D eigenvalue weighted by Crippen LogP contribution is -2.04. The normalized spacial score (nSPS) is 11.4. The minimum absolute atomic E-state index is 0.342. The van der Waals surface area contributed by atoms with Gasteiger partial charge in [-0.1, -0.05) is 34.8 Å². The Kier molecular flexibility index (Phi) is 4.67. The number of hydrogen-bond donors (Lipinski definition) is 0. The Morgan fingerprint density at radius 3 is 2.52 bits per heavy atom. The highest BCUT2D eigenvalue weighted by molar-refractivity contribution is 7.16. The predicted molar refractivity (Wildman–Crippen MR) is 92.3 cm³/mol. The highest BCUT2D eigenvalue weighted by Crippen LogP contribution is 2.29. The van der Waals surface area contributed by atoms with E-state index in [1.165, 1.54) is 4.88 Å². The third kappa shape index (κ3) is 3.17. The van der Waals surface area contributed by atoms with Crippen molar-refractivity contribution in [3.05, 3.63) is 49.3 Å². The Balaban J connectivity index is 1.97. The van der Waals surface area contributed by atoms with Gasteiger partial charge in [-0.25, -0.2) is 4.98 Å². The number of hydrogen-bond acceptors (Lipinski definition) is 2. The summed E-state index contributed by atoms with van der Waals surface area (Å²) in [5.41, 5.74) is 1.76. The number of nitrogens with zero attached hydrogens (tertiary/aromatic N) is 2. The van der Waals surface area contributed by atoms with Crippen LogP contribution in [-0.2, 0) is 18.8 Å². The number of benzene rings is 1. The Labute approximate surface area is 146 Å². The molecule has 2 heterocycles. The number of fused-ring (bicyclic) bond motifs is 1. The molecule has 1 aromatic carbocycles. The van der Waals surface area contributed by atoms with E-state index in [0.29, 0.717) is 15.9 Å². The number of imidazole rings is 1. The molecule has 0 saturated heterocycles. The van der Waals surface area contributed by atoms with Gasteiger partial charge in [0.2, 0.25) is 0 Å². The van der Waals surface area contributed by atoms with Crippen molar-refractivity contribution in [2.24, 2.45) is 0 Å². The molecule has 3 rings (SSSR count). The Morgan fingerprint density at radius 1 is 1.10 bits per heavy atom. The lowest BCUT2D eigenvalue weighted by atomic mass is 10.3. The maximum atomic E-state index is 6.11. The van der Waals surface area contributed by atoms with E-state index in [0.717, 1.165) is 34.2 Å². The molecule has 2 nitrogen and oxygen atoms in total. The van der Waals surface area contributed by atoms with Crippen molar-refractivity contribution in [2.45, 2.75) is 18.8 Å². The van der Waals surface area contributed by atoms with Crippen LogP contribution in [0.1, 0.15) is 10.7 Å². The number of rotatable bonds is 4. The quantitative estimate of drug-likeness (QED) is 0.505. The highest BCUT2D eigenvalue weighted by Gasteiger charge is 2.13. The Morgan fingerprint density at radius 2 is 1.86 bits per heavy atom. The maximum Gasteiger partial charge on any atom is 0.124 e. The first-order valence-electron chi connectivity index (χ1n) is 6.23. The molecular formula is C14H10Cl4N2S. The second kappa shape index (κ2) is 6.35. The van der Waals surface area contributed by atoms with Crippen molar-refractivity contribution in [2.75, 3.05) is 0 Å². The molecule has 0 amide bonds. The van der Waals surface area contributed by atoms with Gasteiger partial charge in [-0.2, -0.15) is 0 Å². The predicted octanol–water partition coefficient (Wildman–Crippen LogP) is 6.04. The minimum atomic E-state index is 0.342. The largest absolute Gasteiger partial charge is 0.327 e. The summed E-state index contributed by atoms with van der Waals surface area (Å²) in [6.45, 7) is 0.771. The maximum absolute atomic E-state index is 6.11. The van der Waals surface area contributed by atoms with Crippen LogP contribution in [0.25, 0.3) is 11.0 Å². The molecule has 0 radical (unpaired) electrons. The van der Waals surface area contributed by atoms with E-state index in [2.05, 4.69) is 9.55 Å². The molecule has 0 aliphatic carbocycles. The first-order chi connectivity index (χ1) is 10.1. The number of aromatic nitrogens is 2.